The fourth-order valence-electron chi connectivity index (χ4n) is 2.09. The Balaban J connectivity index is 1.72. The second-order valence-electron chi connectivity index (χ2n) is 4.89. The van der Waals surface area contributed by atoms with Crippen molar-refractivity contribution in [2.24, 2.45) is 5.92 Å². The standard InChI is InChI=1S/C12H20N2O2/c15-11(7-6-9-4-5-9)14-10-3-1-2-8-13-12(10)16/h9-10H,1-8H2,(H,13,16)(H,14,15)/t10-/m1/s1. The molecule has 0 spiro atoms. The summed E-state index contributed by atoms with van der Waals surface area (Å²) in [5.74, 6) is 0.792. The molecule has 0 bridgehead atoms. The van der Waals surface area contributed by atoms with Crippen LogP contribution in [0.2, 0.25) is 0 Å². The van der Waals surface area contributed by atoms with E-state index >= 15 is 0 Å². The monoisotopic (exact) mass is 224 g/mol. The van der Waals surface area contributed by atoms with Gasteiger partial charge in [0.25, 0.3) is 0 Å². The Hall–Kier alpha value is -1.06. The number of carbonyl (C=O) groups excluding carboxylic acids is 2. The van der Waals surface area contributed by atoms with E-state index in [1.54, 1.807) is 0 Å². The first-order chi connectivity index (χ1) is 7.75. The van der Waals surface area contributed by atoms with E-state index in [2.05, 4.69) is 10.6 Å². The maximum Gasteiger partial charge on any atom is 0.242 e. The average Bonchev–Trinajstić information content (AvgIpc) is 3.07. The molecule has 0 radical (unpaired) electrons. The first-order valence-electron chi connectivity index (χ1n) is 6.33. The highest BCUT2D eigenvalue weighted by Gasteiger charge is 2.25. The van der Waals surface area contributed by atoms with Gasteiger partial charge in [-0.1, -0.05) is 12.8 Å². The normalized spacial score (nSPS) is 25.8. The Morgan fingerprint density at radius 3 is 2.88 bits per heavy atom. The predicted octanol–water partition coefficient (Wildman–Crippen LogP) is 0.961. The molecule has 0 aromatic carbocycles. The van der Waals surface area contributed by atoms with Crippen LogP contribution >= 0.6 is 0 Å². The summed E-state index contributed by atoms with van der Waals surface area (Å²) in [5.41, 5.74) is 0. The third kappa shape index (κ3) is 3.51. The van der Waals surface area contributed by atoms with Gasteiger partial charge in [-0.25, -0.2) is 0 Å². The Morgan fingerprint density at radius 2 is 2.12 bits per heavy atom. The van der Waals surface area contributed by atoms with Crippen molar-refractivity contribution in [2.75, 3.05) is 6.54 Å². The zero-order chi connectivity index (χ0) is 11.4. The Labute approximate surface area is 96.2 Å². The van der Waals surface area contributed by atoms with Crippen molar-refractivity contribution in [3.63, 3.8) is 0 Å². The second kappa shape index (κ2) is 5.32. The highest BCUT2D eigenvalue weighted by molar-refractivity contribution is 5.87. The molecule has 0 aromatic heterocycles. The smallest absolute Gasteiger partial charge is 0.242 e. The van der Waals surface area contributed by atoms with Crippen molar-refractivity contribution in [1.29, 1.82) is 0 Å². The Kier molecular flexibility index (Phi) is 3.80. The van der Waals surface area contributed by atoms with E-state index in [0.29, 0.717) is 6.42 Å². The summed E-state index contributed by atoms with van der Waals surface area (Å²) in [7, 11) is 0. The lowest BCUT2D eigenvalue weighted by atomic mass is 10.1. The van der Waals surface area contributed by atoms with Crippen LogP contribution in [-0.4, -0.2) is 24.4 Å². The van der Waals surface area contributed by atoms with Crippen LogP contribution in [0.1, 0.15) is 44.9 Å². The zero-order valence-corrected chi connectivity index (χ0v) is 9.63. The summed E-state index contributed by atoms with van der Waals surface area (Å²) in [6.07, 6.45) is 6.91. The van der Waals surface area contributed by atoms with Gasteiger partial charge in [-0.05, 0) is 31.6 Å². The highest BCUT2D eigenvalue weighted by atomic mass is 16.2. The minimum atomic E-state index is -0.297. The number of nitrogens with one attached hydrogen (secondary N) is 2. The van der Waals surface area contributed by atoms with E-state index in [-0.39, 0.29) is 17.9 Å². The largest absolute Gasteiger partial charge is 0.354 e. The van der Waals surface area contributed by atoms with Crippen LogP contribution in [0, 0.1) is 5.92 Å². The molecule has 2 amide bonds. The lowest BCUT2D eigenvalue weighted by Crippen LogP contribution is -2.45. The first kappa shape index (κ1) is 11.4. The van der Waals surface area contributed by atoms with Gasteiger partial charge in [-0.2, -0.15) is 0 Å². The van der Waals surface area contributed by atoms with Crippen LogP contribution in [0.5, 0.6) is 0 Å². The van der Waals surface area contributed by atoms with Gasteiger partial charge in [-0.15, -0.1) is 0 Å². The van der Waals surface area contributed by atoms with Crippen LogP contribution in [0.3, 0.4) is 0 Å². The van der Waals surface area contributed by atoms with E-state index in [9.17, 15) is 9.59 Å². The number of rotatable bonds is 4. The lowest BCUT2D eigenvalue weighted by molar-refractivity contribution is -0.128. The molecule has 2 rings (SSSR count). The van der Waals surface area contributed by atoms with Crippen LogP contribution in [0.25, 0.3) is 0 Å². The quantitative estimate of drug-likeness (QED) is 0.747. The van der Waals surface area contributed by atoms with Crippen LogP contribution in [0.15, 0.2) is 0 Å². The fourth-order valence-corrected chi connectivity index (χ4v) is 2.09. The molecule has 1 saturated carbocycles. The van der Waals surface area contributed by atoms with E-state index in [1.165, 1.54) is 12.8 Å². The van der Waals surface area contributed by atoms with Crippen molar-refractivity contribution in [1.82, 2.24) is 10.6 Å². The molecule has 1 atom stereocenters. The zero-order valence-electron chi connectivity index (χ0n) is 9.63. The minimum Gasteiger partial charge on any atom is -0.354 e. The van der Waals surface area contributed by atoms with Gasteiger partial charge in [-0.3, -0.25) is 9.59 Å². The first-order valence-corrected chi connectivity index (χ1v) is 6.33. The third-order valence-electron chi connectivity index (χ3n) is 3.35. The fraction of sp³-hybridized carbons (Fsp3) is 0.833. The molecule has 2 N–H and O–H groups in total. The summed E-state index contributed by atoms with van der Waals surface area (Å²) in [4.78, 5) is 23.2. The molecule has 1 aliphatic heterocycles. The van der Waals surface area contributed by atoms with E-state index in [1.807, 2.05) is 0 Å². The maximum absolute atomic E-state index is 11.6. The molecular weight excluding hydrogens is 204 g/mol. The Bertz CT molecular complexity index is 274. The van der Waals surface area contributed by atoms with Crippen molar-refractivity contribution in [3.05, 3.63) is 0 Å². The van der Waals surface area contributed by atoms with Crippen molar-refractivity contribution < 1.29 is 9.59 Å². The third-order valence-corrected chi connectivity index (χ3v) is 3.35. The molecule has 4 heteroatoms. The van der Waals surface area contributed by atoms with Crippen molar-refractivity contribution >= 4 is 11.8 Å². The number of hydrogen-bond acceptors (Lipinski definition) is 2. The summed E-state index contributed by atoms with van der Waals surface area (Å²) >= 11 is 0. The van der Waals surface area contributed by atoms with Gasteiger partial charge in [0.05, 0.1) is 0 Å². The molecular formula is C12H20N2O2. The van der Waals surface area contributed by atoms with Crippen LogP contribution < -0.4 is 10.6 Å². The van der Waals surface area contributed by atoms with E-state index in [0.717, 1.165) is 38.1 Å². The van der Waals surface area contributed by atoms with Crippen molar-refractivity contribution in [3.8, 4) is 0 Å². The molecule has 1 saturated heterocycles. The predicted molar refractivity (Wildman–Crippen MR) is 60.7 cm³/mol. The number of hydrogen-bond donors (Lipinski definition) is 2. The summed E-state index contributed by atoms with van der Waals surface area (Å²) < 4.78 is 0. The van der Waals surface area contributed by atoms with E-state index in [4.69, 9.17) is 0 Å². The highest BCUT2D eigenvalue weighted by Crippen LogP contribution is 2.33. The molecule has 4 nitrogen and oxygen atoms in total. The molecule has 90 valence electrons. The van der Waals surface area contributed by atoms with Gasteiger partial charge in [0, 0.05) is 13.0 Å². The van der Waals surface area contributed by atoms with Gasteiger partial charge in [0.2, 0.25) is 11.8 Å². The average molecular weight is 224 g/mol. The molecule has 1 aliphatic carbocycles. The molecule has 0 unspecified atom stereocenters. The molecule has 1 heterocycles. The van der Waals surface area contributed by atoms with Crippen LogP contribution in [0.4, 0.5) is 0 Å². The van der Waals surface area contributed by atoms with Gasteiger partial charge in [0.1, 0.15) is 6.04 Å². The minimum absolute atomic E-state index is 0.0164. The maximum atomic E-state index is 11.6. The topological polar surface area (TPSA) is 58.2 Å². The van der Waals surface area contributed by atoms with E-state index < -0.39 is 0 Å². The summed E-state index contributed by atoms with van der Waals surface area (Å²) in [6.45, 7) is 0.743. The SMILES string of the molecule is O=C(CCC1CC1)N[C@@H]1CCCCNC1=O. The molecule has 2 fully saturated rings. The second-order valence-corrected chi connectivity index (χ2v) is 4.89. The number of carbonyl (C=O) groups is 2. The van der Waals surface area contributed by atoms with Crippen molar-refractivity contribution in [2.45, 2.75) is 51.0 Å². The van der Waals surface area contributed by atoms with Gasteiger partial charge >= 0.3 is 0 Å². The van der Waals surface area contributed by atoms with Gasteiger partial charge < -0.3 is 10.6 Å². The number of amides is 2. The molecule has 16 heavy (non-hydrogen) atoms. The van der Waals surface area contributed by atoms with Crippen LogP contribution in [-0.2, 0) is 9.59 Å². The summed E-state index contributed by atoms with van der Waals surface area (Å²) in [6, 6.07) is -0.297. The Morgan fingerprint density at radius 1 is 1.31 bits per heavy atom. The molecule has 0 aromatic rings. The lowest BCUT2D eigenvalue weighted by Gasteiger charge is -2.14. The summed E-state index contributed by atoms with van der Waals surface area (Å²) in [5, 5.41) is 5.66. The van der Waals surface area contributed by atoms with Gasteiger partial charge in [0.15, 0.2) is 0 Å². The molecule has 2 aliphatic rings.